The van der Waals surface area contributed by atoms with Crippen molar-refractivity contribution in [1.82, 2.24) is 5.32 Å². The van der Waals surface area contributed by atoms with Crippen LogP contribution in [-0.2, 0) is 14.3 Å². The number of rotatable bonds is 5. The maximum absolute atomic E-state index is 11.4. The number of aliphatic hydroxyl groups excluding tert-OH is 3. The van der Waals surface area contributed by atoms with Gasteiger partial charge in [-0.3, -0.25) is 5.32 Å². The van der Waals surface area contributed by atoms with Gasteiger partial charge in [0.25, 0.3) is 0 Å². The smallest absolute Gasteiger partial charge is 0.547 e. The number of carboxylic acid groups (broad SMARTS) is 1. The number of hydrogen-bond acceptors (Lipinski definition) is 8. The largest absolute Gasteiger partial charge is 1.00 e. The molecule has 22 heavy (non-hydrogen) atoms. The predicted molar refractivity (Wildman–Crippen MR) is 65.4 cm³/mol. The Morgan fingerprint density at radius 3 is 2.45 bits per heavy atom. The molecular weight excluding hydrogens is 309 g/mol. The van der Waals surface area contributed by atoms with E-state index in [1.807, 2.05) is 6.92 Å². The minimum Gasteiger partial charge on any atom is -0.547 e. The number of nitrogens with one attached hydrogen (secondary N) is 1. The molecule has 5 unspecified atom stereocenters. The molecule has 4 N–H and O–H groups in total. The van der Waals surface area contributed by atoms with E-state index < -0.39 is 42.8 Å². The number of ether oxygens (including phenoxy) is 2. The van der Waals surface area contributed by atoms with Crippen LogP contribution in [0.3, 0.4) is 0 Å². The molecule has 1 fully saturated rings. The van der Waals surface area contributed by atoms with Crippen LogP contribution in [0.25, 0.3) is 0 Å². The third-order valence-corrected chi connectivity index (χ3v) is 2.80. The quantitative estimate of drug-likeness (QED) is 0.366. The second-order valence-corrected chi connectivity index (χ2v) is 4.46. The molecule has 1 rings (SSSR count). The third-order valence-electron chi connectivity index (χ3n) is 2.80. The van der Waals surface area contributed by atoms with Crippen LogP contribution in [-0.4, -0.2) is 58.1 Å². The minimum absolute atomic E-state index is 0. The Morgan fingerprint density at radius 2 is 1.91 bits per heavy atom. The Morgan fingerprint density at radius 1 is 1.27 bits per heavy atom. The van der Waals surface area contributed by atoms with Crippen molar-refractivity contribution in [2.75, 3.05) is 0 Å². The summed E-state index contributed by atoms with van der Waals surface area (Å²) in [6.07, 6.45) is -5.59. The van der Waals surface area contributed by atoms with E-state index >= 15 is 0 Å². The van der Waals surface area contributed by atoms with Crippen molar-refractivity contribution >= 4 is 12.1 Å². The van der Waals surface area contributed by atoms with Gasteiger partial charge in [0.2, 0.25) is 6.29 Å². The average molecular weight is 327 g/mol. The summed E-state index contributed by atoms with van der Waals surface area (Å²) in [6.45, 7) is 1.95. The van der Waals surface area contributed by atoms with Crippen LogP contribution in [0.4, 0.5) is 4.79 Å². The molecule has 0 aromatic rings. The van der Waals surface area contributed by atoms with Gasteiger partial charge < -0.3 is 34.7 Å². The Labute approximate surface area is 149 Å². The van der Waals surface area contributed by atoms with Crippen LogP contribution in [0.5, 0.6) is 0 Å². The van der Waals surface area contributed by atoms with E-state index in [1.165, 1.54) is 6.20 Å². The minimum atomic E-state index is -1.92. The first-order chi connectivity index (χ1) is 9.88. The zero-order chi connectivity index (χ0) is 16.0. The molecule has 0 spiro atoms. The zero-order valence-electron chi connectivity index (χ0n) is 12.3. The van der Waals surface area contributed by atoms with E-state index in [0.29, 0.717) is 0 Å². The van der Waals surface area contributed by atoms with Crippen molar-refractivity contribution in [3.63, 3.8) is 0 Å². The van der Waals surface area contributed by atoms with Gasteiger partial charge in [-0.1, -0.05) is 19.4 Å². The fourth-order valence-corrected chi connectivity index (χ4v) is 1.66. The van der Waals surface area contributed by atoms with Crippen LogP contribution in [0.15, 0.2) is 12.3 Å². The molecule has 10 heteroatoms. The topological polar surface area (TPSA) is 148 Å². The van der Waals surface area contributed by atoms with Crippen molar-refractivity contribution in [1.29, 1.82) is 0 Å². The molecule has 1 aliphatic rings. The van der Waals surface area contributed by atoms with Crippen LogP contribution >= 0.6 is 0 Å². The number of carboxylic acids is 1. The fraction of sp³-hybridized carbons (Fsp3) is 0.667. The SMILES string of the molecule is CCC/C=C/NC(=O)OC1OC(C(=O)[O-])C(O)C(O)C1O.[Na+]. The van der Waals surface area contributed by atoms with Gasteiger partial charge in [-0.15, -0.1) is 0 Å². The molecule has 0 aromatic carbocycles. The summed E-state index contributed by atoms with van der Waals surface area (Å²) in [5, 5.41) is 41.5. The molecule has 0 aromatic heterocycles. The summed E-state index contributed by atoms with van der Waals surface area (Å²) in [6, 6.07) is 0. The molecule has 120 valence electrons. The normalized spacial score (nSPS) is 31.4. The van der Waals surface area contributed by atoms with Gasteiger partial charge in [0.15, 0.2) is 0 Å². The van der Waals surface area contributed by atoms with Crippen molar-refractivity contribution < 1.29 is 69.0 Å². The second kappa shape index (κ2) is 10.2. The molecule has 9 nitrogen and oxygen atoms in total. The zero-order valence-corrected chi connectivity index (χ0v) is 14.3. The number of aliphatic hydroxyl groups is 3. The van der Waals surface area contributed by atoms with E-state index in [2.05, 4.69) is 10.1 Å². The standard InChI is InChI=1S/C12H19NO8.Na/c1-2-3-4-5-13-12(19)21-11-8(16)6(14)7(15)9(20-11)10(17)18;/h4-9,11,14-16H,2-3H2,1H3,(H,13,19)(H,17,18);/q;+1/p-1/b5-4+;. The van der Waals surface area contributed by atoms with E-state index in [-0.39, 0.29) is 29.6 Å². The number of carbonyl (C=O) groups is 2. The summed E-state index contributed by atoms with van der Waals surface area (Å²) in [4.78, 5) is 22.1. The number of allylic oxidation sites excluding steroid dienone is 1. The second-order valence-electron chi connectivity index (χ2n) is 4.46. The van der Waals surface area contributed by atoms with E-state index in [1.54, 1.807) is 6.08 Å². The summed E-state index contributed by atoms with van der Waals surface area (Å²) < 4.78 is 9.36. The van der Waals surface area contributed by atoms with Crippen molar-refractivity contribution in [2.24, 2.45) is 0 Å². The first-order valence-electron chi connectivity index (χ1n) is 6.41. The molecule has 1 aliphatic heterocycles. The van der Waals surface area contributed by atoms with Crippen molar-refractivity contribution in [2.45, 2.75) is 50.5 Å². The van der Waals surface area contributed by atoms with Crippen LogP contribution in [0.1, 0.15) is 19.8 Å². The monoisotopic (exact) mass is 327 g/mol. The third kappa shape index (κ3) is 5.84. The van der Waals surface area contributed by atoms with Crippen molar-refractivity contribution in [3.05, 3.63) is 12.3 Å². The van der Waals surface area contributed by atoms with E-state index in [9.17, 15) is 30.0 Å². The summed E-state index contributed by atoms with van der Waals surface area (Å²) in [7, 11) is 0. The number of amides is 1. The van der Waals surface area contributed by atoms with Crippen LogP contribution in [0.2, 0.25) is 0 Å². The first-order valence-corrected chi connectivity index (χ1v) is 6.41. The number of aliphatic carboxylic acids is 1. The summed E-state index contributed by atoms with van der Waals surface area (Å²) >= 11 is 0. The fourth-order valence-electron chi connectivity index (χ4n) is 1.66. The van der Waals surface area contributed by atoms with Gasteiger partial charge in [-0.25, -0.2) is 4.79 Å². The Hall–Kier alpha value is -0.680. The Balaban J connectivity index is 0.00000441. The van der Waals surface area contributed by atoms with Gasteiger partial charge in [0.05, 0.1) is 5.97 Å². The van der Waals surface area contributed by atoms with Crippen molar-refractivity contribution in [3.8, 4) is 0 Å². The maximum atomic E-state index is 11.4. The molecule has 1 saturated heterocycles. The number of carbonyl (C=O) groups excluding carboxylic acids is 2. The van der Waals surface area contributed by atoms with Crippen LogP contribution < -0.4 is 40.0 Å². The predicted octanol–water partition coefficient (Wildman–Crippen LogP) is -5.41. The van der Waals surface area contributed by atoms with Gasteiger partial charge in [-0.2, -0.15) is 0 Å². The van der Waals surface area contributed by atoms with Gasteiger partial charge in [0.1, 0.15) is 24.4 Å². The number of alkyl carbamates (subject to hydrolysis) is 1. The number of hydrogen-bond donors (Lipinski definition) is 4. The number of unbranched alkanes of at least 4 members (excludes halogenated alkanes) is 1. The summed E-state index contributed by atoms with van der Waals surface area (Å²) in [5.74, 6) is -1.80. The molecule has 0 bridgehead atoms. The Kier molecular flexibility index (Phi) is 9.85. The van der Waals surface area contributed by atoms with Gasteiger partial charge in [-0.05, 0) is 6.42 Å². The summed E-state index contributed by atoms with van der Waals surface area (Å²) in [5.41, 5.74) is 0. The molecule has 5 atom stereocenters. The van der Waals surface area contributed by atoms with E-state index in [4.69, 9.17) is 4.74 Å². The van der Waals surface area contributed by atoms with Crippen LogP contribution in [0, 0.1) is 0 Å². The molecule has 1 heterocycles. The van der Waals surface area contributed by atoms with E-state index in [0.717, 1.165) is 12.8 Å². The van der Waals surface area contributed by atoms with Gasteiger partial charge >= 0.3 is 35.7 Å². The molecule has 0 aliphatic carbocycles. The maximum Gasteiger partial charge on any atom is 1.00 e. The molecular formula is C12H18NNaO8. The first kappa shape index (κ1) is 21.3. The molecule has 0 saturated carbocycles. The molecule has 1 amide bonds. The average Bonchev–Trinajstić information content (AvgIpc) is 2.44. The van der Waals surface area contributed by atoms with Gasteiger partial charge in [0, 0.05) is 6.20 Å². The Bertz CT molecular complexity index is 405. The molecule has 0 radical (unpaired) electrons.